The van der Waals surface area contributed by atoms with Crippen LogP contribution in [0.1, 0.15) is 48.0 Å². The van der Waals surface area contributed by atoms with Gasteiger partial charge in [0, 0.05) is 6.54 Å². The molecule has 0 aromatic rings. The van der Waals surface area contributed by atoms with Gasteiger partial charge in [-0.05, 0) is 54.5 Å². The van der Waals surface area contributed by atoms with Crippen molar-refractivity contribution in [1.82, 2.24) is 16.0 Å². The summed E-state index contributed by atoms with van der Waals surface area (Å²) in [6.07, 6.45) is 0.0928. The number of alkyl carbamates (subject to hydrolysis) is 1. The largest absolute Gasteiger partial charge is 0.444 e. The third-order valence-corrected chi connectivity index (χ3v) is 3.09. The fourth-order valence-electron chi connectivity index (χ4n) is 1.50. The normalized spacial score (nSPS) is 12.7. The number of carbonyl (C=O) groups is 2. The molecule has 2 amide bonds. The van der Waals surface area contributed by atoms with E-state index in [1.54, 1.807) is 27.7 Å². The maximum Gasteiger partial charge on any atom is 0.408 e. The van der Waals surface area contributed by atoms with Crippen LogP contribution < -0.4 is 16.0 Å². The quantitative estimate of drug-likeness (QED) is 0.231. The number of nitrogens with one attached hydrogen (secondary N) is 3. The van der Waals surface area contributed by atoms with Gasteiger partial charge in [0.05, 0.1) is 17.8 Å². The highest BCUT2D eigenvalue weighted by Gasteiger charge is 2.20. The Hall–Kier alpha value is -1.83. The predicted octanol–water partition coefficient (Wildman–Crippen LogP) is 1.24. The second-order valence-corrected chi connectivity index (χ2v) is 6.80. The van der Waals surface area contributed by atoms with Crippen molar-refractivity contribution in [3.8, 4) is 0 Å². The Morgan fingerprint density at radius 2 is 1.70 bits per heavy atom. The summed E-state index contributed by atoms with van der Waals surface area (Å²) in [5.74, 6) is -0.275. The van der Waals surface area contributed by atoms with Crippen LogP contribution >= 0.6 is 0 Å². The van der Waals surface area contributed by atoms with Gasteiger partial charge in [-0.15, -0.1) is 0 Å². The first kappa shape index (κ1) is 21.2. The molecule has 0 bridgehead atoms. The van der Waals surface area contributed by atoms with E-state index in [4.69, 9.17) is 9.94 Å². The summed E-state index contributed by atoms with van der Waals surface area (Å²) < 4.78 is 5.03. The summed E-state index contributed by atoms with van der Waals surface area (Å²) in [6.45, 7) is 11.8. The molecule has 0 radical (unpaired) electrons. The molecular formula is C15H30N4O4. The van der Waals surface area contributed by atoms with Gasteiger partial charge in [0.1, 0.15) is 5.60 Å². The third kappa shape index (κ3) is 10.5. The van der Waals surface area contributed by atoms with Crippen molar-refractivity contribution in [1.29, 1.82) is 0 Å². The molecule has 134 valence electrons. The van der Waals surface area contributed by atoms with E-state index in [1.807, 2.05) is 13.8 Å². The van der Waals surface area contributed by atoms with Crippen molar-refractivity contribution in [2.45, 2.75) is 59.1 Å². The van der Waals surface area contributed by atoms with Crippen LogP contribution in [0.5, 0.6) is 0 Å². The van der Waals surface area contributed by atoms with Gasteiger partial charge in [0.25, 0.3) is 0 Å². The Kier molecular flexibility index (Phi) is 8.60. The molecule has 23 heavy (non-hydrogen) atoms. The number of rotatable bonds is 8. The molecule has 0 fully saturated rings. The first-order chi connectivity index (χ1) is 10.5. The molecule has 0 atom stereocenters. The third-order valence-electron chi connectivity index (χ3n) is 3.09. The van der Waals surface area contributed by atoms with E-state index in [2.05, 4.69) is 21.1 Å². The van der Waals surface area contributed by atoms with Gasteiger partial charge in [-0.25, -0.2) is 4.79 Å². The molecular weight excluding hydrogens is 300 g/mol. The lowest BCUT2D eigenvalue weighted by Gasteiger charge is -2.25. The van der Waals surface area contributed by atoms with Gasteiger partial charge in [-0.3, -0.25) is 4.79 Å². The van der Waals surface area contributed by atoms with Crippen LogP contribution in [0.15, 0.2) is 5.16 Å². The fourth-order valence-corrected chi connectivity index (χ4v) is 1.50. The smallest absolute Gasteiger partial charge is 0.408 e. The molecule has 0 aromatic carbocycles. The maximum atomic E-state index is 11.6. The van der Waals surface area contributed by atoms with Crippen molar-refractivity contribution in [3.05, 3.63) is 0 Å². The Balaban J connectivity index is 3.82. The Morgan fingerprint density at radius 3 is 2.22 bits per heavy atom. The fraction of sp³-hybridized carbons (Fsp3) is 0.800. The van der Waals surface area contributed by atoms with Crippen molar-refractivity contribution in [2.24, 2.45) is 5.16 Å². The molecule has 0 saturated heterocycles. The van der Waals surface area contributed by atoms with Gasteiger partial charge < -0.3 is 25.9 Å². The molecule has 0 aliphatic heterocycles. The van der Waals surface area contributed by atoms with Crippen LogP contribution in [-0.4, -0.2) is 53.7 Å². The summed E-state index contributed by atoms with van der Waals surface area (Å²) in [7, 11) is 0. The lowest BCUT2D eigenvalue weighted by atomic mass is 9.99. The summed E-state index contributed by atoms with van der Waals surface area (Å²) in [5.41, 5.74) is -0.408. The zero-order valence-corrected chi connectivity index (χ0v) is 14.9. The van der Waals surface area contributed by atoms with Gasteiger partial charge in [-0.1, -0.05) is 5.16 Å². The van der Waals surface area contributed by atoms with Crippen LogP contribution in [0.3, 0.4) is 0 Å². The lowest BCUT2D eigenvalue weighted by molar-refractivity contribution is -0.120. The number of nitrogens with zero attached hydrogens (tertiary/aromatic N) is 1. The predicted molar refractivity (Wildman–Crippen MR) is 88.8 cm³/mol. The number of hydrogen-bond acceptors (Lipinski definition) is 6. The molecule has 0 saturated carbocycles. The molecule has 0 aliphatic carbocycles. The average Bonchev–Trinajstić information content (AvgIpc) is 2.41. The minimum Gasteiger partial charge on any atom is -0.444 e. The monoisotopic (exact) mass is 330 g/mol. The Labute approximate surface area is 138 Å². The van der Waals surface area contributed by atoms with E-state index in [0.717, 1.165) is 0 Å². The topological polar surface area (TPSA) is 112 Å². The number of ether oxygens (including phenoxy) is 1. The highest BCUT2D eigenvalue weighted by molar-refractivity contribution is 5.90. The summed E-state index contributed by atoms with van der Waals surface area (Å²) in [6, 6.07) is 0. The second kappa shape index (κ2) is 9.34. The van der Waals surface area contributed by atoms with E-state index in [-0.39, 0.29) is 12.5 Å². The Morgan fingerprint density at radius 1 is 1.09 bits per heavy atom. The standard InChI is InChI=1S/C15H30N4O4/c1-11(19-22)15(5,6)18-9-7-8-16-12(20)10-17-13(21)23-14(2,3)4/h18,22H,7-10H2,1-6H3,(H,16,20)(H,17,21). The van der Waals surface area contributed by atoms with Gasteiger partial charge in [-0.2, -0.15) is 0 Å². The summed E-state index contributed by atoms with van der Waals surface area (Å²) >= 11 is 0. The average molecular weight is 330 g/mol. The molecule has 8 heteroatoms. The molecule has 0 spiro atoms. The zero-order valence-electron chi connectivity index (χ0n) is 14.9. The minimum absolute atomic E-state index is 0.121. The molecule has 0 aliphatic rings. The lowest BCUT2D eigenvalue weighted by Crippen LogP contribution is -2.46. The van der Waals surface area contributed by atoms with Gasteiger partial charge in [0.2, 0.25) is 5.91 Å². The number of hydrogen-bond donors (Lipinski definition) is 4. The van der Waals surface area contributed by atoms with Crippen molar-refractivity contribution < 1.29 is 19.5 Å². The van der Waals surface area contributed by atoms with Crippen molar-refractivity contribution >= 4 is 17.7 Å². The highest BCUT2D eigenvalue weighted by atomic mass is 16.6. The van der Waals surface area contributed by atoms with E-state index < -0.39 is 17.2 Å². The molecule has 0 heterocycles. The van der Waals surface area contributed by atoms with Crippen molar-refractivity contribution in [2.75, 3.05) is 19.6 Å². The number of carbonyl (C=O) groups excluding carboxylic acids is 2. The second-order valence-electron chi connectivity index (χ2n) is 6.80. The molecule has 0 unspecified atom stereocenters. The maximum absolute atomic E-state index is 11.6. The van der Waals surface area contributed by atoms with E-state index in [0.29, 0.717) is 25.2 Å². The van der Waals surface area contributed by atoms with Crippen LogP contribution in [0, 0.1) is 0 Å². The molecule has 0 rings (SSSR count). The highest BCUT2D eigenvalue weighted by Crippen LogP contribution is 2.06. The van der Waals surface area contributed by atoms with Crippen LogP contribution in [0.2, 0.25) is 0 Å². The number of oxime groups is 1. The van der Waals surface area contributed by atoms with Crippen LogP contribution in [0.4, 0.5) is 4.79 Å². The molecule has 8 nitrogen and oxygen atoms in total. The SMILES string of the molecule is CC(=NO)C(C)(C)NCCCNC(=O)CNC(=O)OC(C)(C)C. The van der Waals surface area contributed by atoms with Crippen LogP contribution in [0.25, 0.3) is 0 Å². The minimum atomic E-state index is -0.616. The summed E-state index contributed by atoms with van der Waals surface area (Å²) in [5, 5.41) is 20.3. The Bertz CT molecular complexity index is 428. The van der Waals surface area contributed by atoms with Crippen molar-refractivity contribution in [3.63, 3.8) is 0 Å². The first-order valence-corrected chi connectivity index (χ1v) is 7.65. The summed E-state index contributed by atoms with van der Waals surface area (Å²) in [4.78, 5) is 23.0. The number of amides is 2. The van der Waals surface area contributed by atoms with Crippen LogP contribution in [-0.2, 0) is 9.53 Å². The molecule has 0 aromatic heterocycles. The van der Waals surface area contributed by atoms with E-state index >= 15 is 0 Å². The van der Waals surface area contributed by atoms with Gasteiger partial charge in [0.15, 0.2) is 0 Å². The van der Waals surface area contributed by atoms with E-state index in [9.17, 15) is 9.59 Å². The first-order valence-electron chi connectivity index (χ1n) is 7.65. The van der Waals surface area contributed by atoms with Gasteiger partial charge >= 0.3 is 6.09 Å². The zero-order chi connectivity index (χ0) is 18.1. The van der Waals surface area contributed by atoms with E-state index in [1.165, 1.54) is 0 Å². The molecule has 4 N–H and O–H groups in total.